The Kier molecular flexibility index (Phi) is 4.10. The Bertz CT molecular complexity index is 269. The van der Waals surface area contributed by atoms with E-state index in [2.05, 4.69) is 19.2 Å². The summed E-state index contributed by atoms with van der Waals surface area (Å²) in [4.78, 5) is 13.9. The van der Waals surface area contributed by atoms with Gasteiger partial charge < -0.3 is 10.2 Å². The molecule has 0 aromatic carbocycles. The Morgan fingerprint density at radius 3 is 2.87 bits per heavy atom. The summed E-state index contributed by atoms with van der Waals surface area (Å²) in [6.45, 7) is 7.80. The third-order valence-corrected chi connectivity index (χ3v) is 2.63. The first kappa shape index (κ1) is 12.0. The molecule has 1 amide bonds. The van der Waals surface area contributed by atoms with Crippen LogP contribution < -0.4 is 5.32 Å². The highest BCUT2D eigenvalue weighted by atomic mass is 16.2. The fraction of sp³-hybridized carbons (Fsp3) is 0.818. The van der Waals surface area contributed by atoms with Gasteiger partial charge in [-0.2, -0.15) is 5.26 Å². The summed E-state index contributed by atoms with van der Waals surface area (Å²) in [5, 5.41) is 11.7. The second kappa shape index (κ2) is 5.13. The first-order valence-electron chi connectivity index (χ1n) is 5.47. The molecular weight excluding hydrogens is 190 g/mol. The van der Waals surface area contributed by atoms with E-state index in [4.69, 9.17) is 5.26 Å². The van der Waals surface area contributed by atoms with Crippen molar-refractivity contribution in [2.75, 3.05) is 13.1 Å². The van der Waals surface area contributed by atoms with Gasteiger partial charge in [0, 0.05) is 19.1 Å². The SMILES string of the molecule is CC(C)CN1C(=O)C(CC#N)NCC1C. The molecule has 0 bridgehead atoms. The van der Waals surface area contributed by atoms with Gasteiger partial charge >= 0.3 is 0 Å². The number of nitrogens with one attached hydrogen (secondary N) is 1. The van der Waals surface area contributed by atoms with Gasteiger partial charge in [0.15, 0.2) is 0 Å². The van der Waals surface area contributed by atoms with Gasteiger partial charge in [0.2, 0.25) is 5.91 Å². The second-order valence-corrected chi connectivity index (χ2v) is 4.56. The van der Waals surface area contributed by atoms with Crippen LogP contribution >= 0.6 is 0 Å². The molecule has 15 heavy (non-hydrogen) atoms. The number of nitriles is 1. The molecule has 0 aromatic rings. The Balaban J connectivity index is 2.66. The van der Waals surface area contributed by atoms with Crippen LogP contribution in [0.3, 0.4) is 0 Å². The third-order valence-electron chi connectivity index (χ3n) is 2.63. The lowest BCUT2D eigenvalue weighted by molar-refractivity contribution is -0.138. The lowest BCUT2D eigenvalue weighted by atomic mass is 10.0. The number of piperazine rings is 1. The van der Waals surface area contributed by atoms with Crippen LogP contribution in [0, 0.1) is 17.2 Å². The fourth-order valence-corrected chi connectivity index (χ4v) is 1.84. The van der Waals surface area contributed by atoms with Crippen LogP contribution in [-0.2, 0) is 4.79 Å². The van der Waals surface area contributed by atoms with Gasteiger partial charge in [-0.15, -0.1) is 0 Å². The van der Waals surface area contributed by atoms with E-state index in [0.29, 0.717) is 5.92 Å². The van der Waals surface area contributed by atoms with Crippen LogP contribution in [0.1, 0.15) is 27.2 Å². The van der Waals surface area contributed by atoms with Crippen molar-refractivity contribution in [1.82, 2.24) is 10.2 Å². The lowest BCUT2D eigenvalue weighted by Gasteiger charge is -2.38. The third kappa shape index (κ3) is 2.93. The van der Waals surface area contributed by atoms with E-state index in [1.807, 2.05) is 17.9 Å². The van der Waals surface area contributed by atoms with Crippen LogP contribution in [-0.4, -0.2) is 36.0 Å². The van der Waals surface area contributed by atoms with Gasteiger partial charge in [-0.1, -0.05) is 13.8 Å². The highest BCUT2D eigenvalue weighted by Crippen LogP contribution is 2.12. The fourth-order valence-electron chi connectivity index (χ4n) is 1.84. The zero-order valence-corrected chi connectivity index (χ0v) is 9.66. The van der Waals surface area contributed by atoms with Gasteiger partial charge in [0.1, 0.15) is 6.04 Å². The summed E-state index contributed by atoms with van der Waals surface area (Å²) in [5.74, 6) is 0.543. The van der Waals surface area contributed by atoms with E-state index in [-0.39, 0.29) is 24.4 Å². The van der Waals surface area contributed by atoms with Gasteiger partial charge in [-0.05, 0) is 12.8 Å². The van der Waals surface area contributed by atoms with Crippen LogP contribution in [0.15, 0.2) is 0 Å². The maximum absolute atomic E-state index is 12.0. The first-order chi connectivity index (χ1) is 7.06. The predicted molar refractivity (Wildman–Crippen MR) is 58.0 cm³/mol. The Morgan fingerprint density at radius 2 is 2.33 bits per heavy atom. The van der Waals surface area contributed by atoms with Crippen LogP contribution in [0.5, 0.6) is 0 Å². The predicted octanol–water partition coefficient (Wildman–Crippen LogP) is 0.745. The molecule has 0 aliphatic carbocycles. The topological polar surface area (TPSA) is 56.1 Å². The van der Waals surface area contributed by atoms with E-state index < -0.39 is 0 Å². The molecule has 1 aliphatic rings. The van der Waals surface area contributed by atoms with Gasteiger partial charge in [0.05, 0.1) is 12.5 Å². The van der Waals surface area contributed by atoms with Crippen molar-refractivity contribution in [3.63, 3.8) is 0 Å². The molecule has 1 saturated heterocycles. The standard InChI is InChI=1S/C11H19N3O/c1-8(2)7-14-9(3)6-13-10(4-5-12)11(14)15/h8-10,13H,4,6-7H2,1-3H3. The second-order valence-electron chi connectivity index (χ2n) is 4.56. The van der Waals surface area contributed by atoms with Gasteiger partial charge in [-0.3, -0.25) is 4.79 Å². The monoisotopic (exact) mass is 209 g/mol. The summed E-state index contributed by atoms with van der Waals surface area (Å²) in [5.41, 5.74) is 0. The van der Waals surface area contributed by atoms with E-state index >= 15 is 0 Å². The number of carbonyl (C=O) groups is 1. The number of amides is 1. The van der Waals surface area contributed by atoms with Gasteiger partial charge in [-0.25, -0.2) is 0 Å². The molecule has 1 rings (SSSR count). The van der Waals surface area contributed by atoms with Crippen molar-refractivity contribution in [2.45, 2.75) is 39.3 Å². The molecule has 0 aromatic heterocycles. The van der Waals surface area contributed by atoms with Crippen molar-refractivity contribution in [3.05, 3.63) is 0 Å². The molecule has 0 radical (unpaired) electrons. The summed E-state index contributed by atoms with van der Waals surface area (Å²) < 4.78 is 0. The number of nitrogens with zero attached hydrogens (tertiary/aromatic N) is 2. The number of rotatable bonds is 3. The van der Waals surface area contributed by atoms with Crippen molar-refractivity contribution in [1.29, 1.82) is 5.26 Å². The average molecular weight is 209 g/mol. The first-order valence-corrected chi connectivity index (χ1v) is 5.47. The van der Waals surface area contributed by atoms with E-state index in [1.165, 1.54) is 0 Å². The summed E-state index contributed by atoms with van der Waals surface area (Å²) in [6.07, 6.45) is 0.264. The number of hydrogen-bond donors (Lipinski definition) is 1. The highest BCUT2D eigenvalue weighted by molar-refractivity contribution is 5.83. The van der Waals surface area contributed by atoms with E-state index in [0.717, 1.165) is 13.1 Å². The minimum absolute atomic E-state index is 0.0731. The molecule has 1 N–H and O–H groups in total. The minimum Gasteiger partial charge on any atom is -0.337 e. The molecule has 84 valence electrons. The van der Waals surface area contributed by atoms with Crippen molar-refractivity contribution in [2.24, 2.45) is 5.92 Å². The molecule has 1 heterocycles. The lowest BCUT2D eigenvalue weighted by Crippen LogP contribution is -2.59. The quantitative estimate of drug-likeness (QED) is 0.746. The minimum atomic E-state index is -0.301. The Labute approximate surface area is 91.2 Å². The normalized spacial score (nSPS) is 26.9. The highest BCUT2D eigenvalue weighted by Gasteiger charge is 2.32. The Hall–Kier alpha value is -1.08. The smallest absolute Gasteiger partial charge is 0.241 e. The van der Waals surface area contributed by atoms with Crippen molar-refractivity contribution >= 4 is 5.91 Å². The number of hydrogen-bond acceptors (Lipinski definition) is 3. The summed E-state index contributed by atoms with van der Waals surface area (Å²) >= 11 is 0. The molecular formula is C11H19N3O. The van der Waals surface area contributed by atoms with Crippen molar-refractivity contribution in [3.8, 4) is 6.07 Å². The Morgan fingerprint density at radius 1 is 1.67 bits per heavy atom. The largest absolute Gasteiger partial charge is 0.337 e. The molecule has 4 heteroatoms. The van der Waals surface area contributed by atoms with Crippen LogP contribution in [0.2, 0.25) is 0 Å². The van der Waals surface area contributed by atoms with E-state index in [9.17, 15) is 4.79 Å². The summed E-state index contributed by atoms with van der Waals surface area (Å²) in [7, 11) is 0. The van der Waals surface area contributed by atoms with Crippen LogP contribution in [0.4, 0.5) is 0 Å². The zero-order chi connectivity index (χ0) is 11.4. The molecule has 4 nitrogen and oxygen atoms in total. The van der Waals surface area contributed by atoms with Gasteiger partial charge in [0.25, 0.3) is 0 Å². The molecule has 2 atom stereocenters. The number of carbonyl (C=O) groups excluding carboxylic acids is 1. The maximum atomic E-state index is 12.0. The molecule has 2 unspecified atom stereocenters. The molecule has 0 saturated carbocycles. The molecule has 1 fully saturated rings. The maximum Gasteiger partial charge on any atom is 0.241 e. The molecule has 1 aliphatic heterocycles. The average Bonchev–Trinajstić information content (AvgIpc) is 2.17. The van der Waals surface area contributed by atoms with E-state index in [1.54, 1.807) is 0 Å². The van der Waals surface area contributed by atoms with Crippen molar-refractivity contribution < 1.29 is 4.79 Å². The summed E-state index contributed by atoms with van der Waals surface area (Å²) in [6, 6.07) is 1.98. The zero-order valence-electron chi connectivity index (χ0n) is 9.66. The van der Waals surface area contributed by atoms with Crippen LogP contribution in [0.25, 0.3) is 0 Å². The molecule has 0 spiro atoms.